The minimum Gasteiger partial charge on any atom is -0.467 e. The van der Waals surface area contributed by atoms with E-state index in [2.05, 4.69) is 20.8 Å². The van der Waals surface area contributed by atoms with Gasteiger partial charge in [0.05, 0.1) is 18.4 Å². The lowest BCUT2D eigenvalue weighted by atomic mass is 9.98. The third kappa shape index (κ3) is 3.71. The molecule has 8 nitrogen and oxygen atoms in total. The molecular weight excluding hydrogens is 298 g/mol. The smallest absolute Gasteiger partial charge is 0.328 e. The minimum atomic E-state index is -0.709. The molecule has 0 radical (unpaired) electrons. The van der Waals surface area contributed by atoms with E-state index in [0.717, 1.165) is 6.42 Å². The van der Waals surface area contributed by atoms with Gasteiger partial charge in [-0.05, 0) is 28.5 Å². The Morgan fingerprint density at radius 2 is 2.09 bits per heavy atom. The Morgan fingerprint density at radius 3 is 2.70 bits per heavy atom. The number of methoxy groups -OCH3 is 1. The summed E-state index contributed by atoms with van der Waals surface area (Å²) in [4.78, 5) is 24.5. The lowest BCUT2D eigenvalue weighted by Crippen LogP contribution is -2.45. The topological polar surface area (TPSA) is 99.0 Å². The molecule has 122 valence electrons. The Morgan fingerprint density at radius 1 is 1.35 bits per heavy atom. The number of rotatable bonds is 6. The number of carbonyl (C=O) groups is 2. The number of nitrogens with one attached hydrogen (secondary N) is 1. The van der Waals surface area contributed by atoms with Crippen molar-refractivity contribution in [3.8, 4) is 5.69 Å². The number of para-hydroxylation sites is 1. The van der Waals surface area contributed by atoms with Crippen LogP contribution >= 0.6 is 0 Å². The zero-order valence-electron chi connectivity index (χ0n) is 13.3. The number of hydrogen-bond acceptors (Lipinski definition) is 6. The Hall–Kier alpha value is -2.77. The molecule has 0 saturated heterocycles. The second-order valence-corrected chi connectivity index (χ2v) is 5.13. The van der Waals surface area contributed by atoms with E-state index >= 15 is 0 Å². The average molecular weight is 317 g/mol. The van der Waals surface area contributed by atoms with Crippen LogP contribution < -0.4 is 5.32 Å². The lowest BCUT2D eigenvalue weighted by Gasteiger charge is -2.22. The van der Waals surface area contributed by atoms with Crippen molar-refractivity contribution in [3.63, 3.8) is 0 Å². The molecule has 1 aromatic carbocycles. The monoisotopic (exact) mass is 317 g/mol. The molecule has 0 saturated carbocycles. The van der Waals surface area contributed by atoms with Crippen LogP contribution in [0.2, 0.25) is 0 Å². The second-order valence-electron chi connectivity index (χ2n) is 5.13. The van der Waals surface area contributed by atoms with Crippen molar-refractivity contribution in [2.24, 2.45) is 5.92 Å². The fourth-order valence-corrected chi connectivity index (χ4v) is 2.15. The van der Waals surface area contributed by atoms with Gasteiger partial charge >= 0.3 is 5.97 Å². The van der Waals surface area contributed by atoms with Crippen LogP contribution in [0, 0.1) is 5.92 Å². The maximum atomic E-state index is 12.6. The first kappa shape index (κ1) is 16.6. The van der Waals surface area contributed by atoms with E-state index in [0.29, 0.717) is 11.3 Å². The fraction of sp³-hybridized carbons (Fsp3) is 0.400. The molecule has 2 rings (SSSR count). The van der Waals surface area contributed by atoms with Crippen molar-refractivity contribution < 1.29 is 14.3 Å². The van der Waals surface area contributed by atoms with Gasteiger partial charge in [-0.15, -0.1) is 5.10 Å². The standard InChI is InChI=1S/C15H19N5O3/c1-4-10(2)13(15(22)23-3)17-14(21)11-7-5-6-8-12(11)20-9-16-18-19-20/h5-10,13H,4H2,1-3H3,(H,17,21). The van der Waals surface area contributed by atoms with Crippen molar-refractivity contribution in [2.45, 2.75) is 26.3 Å². The molecule has 2 atom stereocenters. The number of carbonyl (C=O) groups excluding carboxylic acids is 2. The van der Waals surface area contributed by atoms with E-state index in [1.54, 1.807) is 24.3 Å². The number of hydrogen-bond donors (Lipinski definition) is 1. The highest BCUT2D eigenvalue weighted by molar-refractivity contribution is 5.99. The molecule has 0 spiro atoms. The third-order valence-corrected chi connectivity index (χ3v) is 3.70. The highest BCUT2D eigenvalue weighted by Gasteiger charge is 2.28. The highest BCUT2D eigenvalue weighted by atomic mass is 16.5. The van der Waals surface area contributed by atoms with Gasteiger partial charge in [0.2, 0.25) is 0 Å². The predicted molar refractivity (Wildman–Crippen MR) is 81.9 cm³/mol. The number of esters is 1. The minimum absolute atomic E-state index is 0.0494. The third-order valence-electron chi connectivity index (χ3n) is 3.70. The fourth-order valence-electron chi connectivity index (χ4n) is 2.15. The first-order valence-electron chi connectivity index (χ1n) is 7.29. The van der Waals surface area contributed by atoms with Gasteiger partial charge in [-0.25, -0.2) is 4.79 Å². The lowest BCUT2D eigenvalue weighted by molar-refractivity contribution is -0.144. The van der Waals surface area contributed by atoms with Crippen LogP contribution in [0.25, 0.3) is 5.69 Å². The van der Waals surface area contributed by atoms with Gasteiger partial charge in [0, 0.05) is 0 Å². The number of ether oxygens (including phenoxy) is 1. The summed E-state index contributed by atoms with van der Waals surface area (Å²) in [6, 6.07) is 6.18. The summed E-state index contributed by atoms with van der Waals surface area (Å²) < 4.78 is 6.18. The normalized spacial score (nSPS) is 13.2. The van der Waals surface area contributed by atoms with E-state index in [1.807, 2.05) is 13.8 Å². The molecule has 1 heterocycles. The molecule has 0 aliphatic heterocycles. The molecule has 2 unspecified atom stereocenters. The number of amides is 1. The summed E-state index contributed by atoms with van der Waals surface area (Å²) >= 11 is 0. The van der Waals surface area contributed by atoms with Crippen molar-refractivity contribution in [3.05, 3.63) is 36.2 Å². The summed E-state index contributed by atoms with van der Waals surface area (Å²) in [7, 11) is 1.30. The number of aromatic nitrogens is 4. The van der Waals surface area contributed by atoms with Gasteiger partial charge in [-0.2, -0.15) is 4.68 Å². The van der Waals surface area contributed by atoms with Crippen LogP contribution in [0.3, 0.4) is 0 Å². The average Bonchev–Trinajstić information content (AvgIpc) is 3.12. The molecule has 1 amide bonds. The van der Waals surface area contributed by atoms with Crippen LogP contribution in [0.4, 0.5) is 0 Å². The zero-order chi connectivity index (χ0) is 16.8. The molecule has 0 bridgehead atoms. The van der Waals surface area contributed by atoms with Crippen molar-refractivity contribution in [2.75, 3.05) is 7.11 Å². The van der Waals surface area contributed by atoms with Crippen LogP contribution in [0.1, 0.15) is 30.6 Å². The van der Waals surface area contributed by atoms with E-state index in [-0.39, 0.29) is 11.8 Å². The number of tetrazole rings is 1. The van der Waals surface area contributed by atoms with Crippen LogP contribution in [0.15, 0.2) is 30.6 Å². The summed E-state index contributed by atoms with van der Waals surface area (Å²) in [5.41, 5.74) is 0.903. The number of benzene rings is 1. The zero-order valence-corrected chi connectivity index (χ0v) is 13.3. The molecule has 8 heteroatoms. The first-order valence-corrected chi connectivity index (χ1v) is 7.29. The molecule has 0 fully saturated rings. The first-order chi connectivity index (χ1) is 11.1. The second kappa shape index (κ2) is 7.48. The summed E-state index contributed by atoms with van der Waals surface area (Å²) in [6.07, 6.45) is 2.13. The Balaban J connectivity index is 2.28. The van der Waals surface area contributed by atoms with Gasteiger partial charge in [0.25, 0.3) is 5.91 Å². The maximum absolute atomic E-state index is 12.6. The largest absolute Gasteiger partial charge is 0.467 e. The SMILES string of the molecule is CCC(C)C(NC(=O)c1ccccc1-n1cnnn1)C(=O)OC. The van der Waals surface area contributed by atoms with Crippen LogP contribution in [-0.4, -0.2) is 45.2 Å². The van der Waals surface area contributed by atoms with E-state index in [9.17, 15) is 9.59 Å². The molecule has 0 aliphatic rings. The summed E-state index contributed by atoms with van der Waals surface area (Å²) in [5.74, 6) is -0.897. The van der Waals surface area contributed by atoms with Crippen molar-refractivity contribution in [1.29, 1.82) is 0 Å². The van der Waals surface area contributed by atoms with Gasteiger partial charge < -0.3 is 10.1 Å². The molecule has 2 aromatic rings. The van der Waals surface area contributed by atoms with E-state index in [4.69, 9.17) is 4.74 Å². The Kier molecular flexibility index (Phi) is 5.40. The molecule has 0 aliphatic carbocycles. The Labute approximate surface area is 133 Å². The molecule has 1 N–H and O–H groups in total. The van der Waals surface area contributed by atoms with Gasteiger partial charge in [0.1, 0.15) is 12.4 Å². The van der Waals surface area contributed by atoms with Crippen molar-refractivity contribution in [1.82, 2.24) is 25.5 Å². The highest BCUT2D eigenvalue weighted by Crippen LogP contribution is 2.15. The quantitative estimate of drug-likeness (QED) is 0.797. The van der Waals surface area contributed by atoms with Crippen molar-refractivity contribution >= 4 is 11.9 Å². The summed E-state index contributed by atoms with van der Waals surface area (Å²) in [5, 5.41) is 13.7. The van der Waals surface area contributed by atoms with Crippen LogP contribution in [-0.2, 0) is 9.53 Å². The van der Waals surface area contributed by atoms with E-state index in [1.165, 1.54) is 18.1 Å². The van der Waals surface area contributed by atoms with Gasteiger partial charge in [-0.1, -0.05) is 32.4 Å². The molecule has 23 heavy (non-hydrogen) atoms. The maximum Gasteiger partial charge on any atom is 0.328 e. The Bertz CT molecular complexity index is 672. The number of nitrogens with zero attached hydrogens (tertiary/aromatic N) is 4. The van der Waals surface area contributed by atoms with Gasteiger partial charge in [0.15, 0.2) is 0 Å². The van der Waals surface area contributed by atoms with Crippen LogP contribution in [0.5, 0.6) is 0 Å². The van der Waals surface area contributed by atoms with Gasteiger partial charge in [-0.3, -0.25) is 4.79 Å². The summed E-state index contributed by atoms with van der Waals surface area (Å²) in [6.45, 7) is 3.83. The predicted octanol–water partition coefficient (Wildman–Crippen LogP) is 0.980. The molecule has 1 aromatic heterocycles. The molecular formula is C15H19N5O3. The van der Waals surface area contributed by atoms with E-state index < -0.39 is 12.0 Å².